The Morgan fingerprint density at radius 1 is 1.19 bits per heavy atom. The van der Waals surface area contributed by atoms with Gasteiger partial charge in [0.15, 0.2) is 5.78 Å². The number of hydrogen-bond donors (Lipinski definition) is 2. The summed E-state index contributed by atoms with van der Waals surface area (Å²) in [5.74, 6) is -1.28. The number of hydrogen-bond acceptors (Lipinski definition) is 4. The van der Waals surface area contributed by atoms with Crippen LogP contribution in [0.25, 0.3) is 0 Å². The second-order valence-corrected chi connectivity index (χ2v) is 6.52. The molecular formula is C19H24N2O5. The zero-order chi connectivity index (χ0) is 19.1. The Morgan fingerprint density at radius 2 is 1.88 bits per heavy atom. The average Bonchev–Trinajstić information content (AvgIpc) is 3.04. The maximum Gasteiger partial charge on any atom is 0.305 e. The summed E-state index contributed by atoms with van der Waals surface area (Å²) in [6, 6.07) is 6.88. The maximum absolute atomic E-state index is 12.5. The fourth-order valence-electron chi connectivity index (χ4n) is 3.17. The molecule has 0 spiro atoms. The van der Waals surface area contributed by atoms with Crippen LogP contribution in [0.15, 0.2) is 24.3 Å². The van der Waals surface area contributed by atoms with Crippen LogP contribution < -0.4 is 5.32 Å². The lowest BCUT2D eigenvalue weighted by Crippen LogP contribution is -2.40. The number of Topliss-reactive ketones (excluding diaryl/α,β-unsaturated/α-hetero) is 1. The number of benzene rings is 1. The molecule has 26 heavy (non-hydrogen) atoms. The van der Waals surface area contributed by atoms with Crippen LogP contribution >= 0.6 is 0 Å². The minimum absolute atomic E-state index is 0.0163. The minimum Gasteiger partial charge on any atom is -0.481 e. The summed E-state index contributed by atoms with van der Waals surface area (Å²) in [5, 5.41) is 11.1. The van der Waals surface area contributed by atoms with Gasteiger partial charge in [0.1, 0.15) is 0 Å². The molecule has 1 fully saturated rings. The van der Waals surface area contributed by atoms with Gasteiger partial charge < -0.3 is 15.3 Å². The molecular weight excluding hydrogens is 336 g/mol. The van der Waals surface area contributed by atoms with E-state index in [0.29, 0.717) is 6.54 Å². The third-order valence-corrected chi connectivity index (χ3v) is 4.41. The second-order valence-electron chi connectivity index (χ2n) is 6.52. The Hall–Kier alpha value is -2.70. The molecule has 1 atom stereocenters. The molecule has 1 aliphatic heterocycles. The first-order chi connectivity index (χ1) is 12.4. The molecule has 2 rings (SSSR count). The Balaban J connectivity index is 1.92. The van der Waals surface area contributed by atoms with Crippen LogP contribution in [-0.4, -0.2) is 52.7 Å². The Bertz CT molecular complexity index is 701. The summed E-state index contributed by atoms with van der Waals surface area (Å²) in [4.78, 5) is 48.1. The molecule has 0 radical (unpaired) electrons. The molecule has 0 bridgehead atoms. The van der Waals surface area contributed by atoms with Crippen molar-refractivity contribution in [3.8, 4) is 0 Å². The third kappa shape index (κ3) is 5.68. The van der Waals surface area contributed by atoms with Gasteiger partial charge in [-0.05, 0) is 30.9 Å². The van der Waals surface area contributed by atoms with Gasteiger partial charge in [0.05, 0.1) is 25.3 Å². The first-order valence-electron chi connectivity index (χ1n) is 8.73. The monoisotopic (exact) mass is 360 g/mol. The van der Waals surface area contributed by atoms with E-state index in [1.54, 1.807) is 23.1 Å². The van der Waals surface area contributed by atoms with Crippen LogP contribution in [0.3, 0.4) is 0 Å². The quantitative estimate of drug-likeness (QED) is 0.718. The number of ketones is 1. The minimum atomic E-state index is -0.961. The van der Waals surface area contributed by atoms with E-state index in [1.165, 1.54) is 6.92 Å². The Labute approximate surface area is 152 Å². The van der Waals surface area contributed by atoms with E-state index < -0.39 is 5.97 Å². The van der Waals surface area contributed by atoms with Crippen LogP contribution in [-0.2, 0) is 32.0 Å². The third-order valence-electron chi connectivity index (χ3n) is 4.41. The fraction of sp³-hybridized carbons (Fsp3) is 0.474. The van der Waals surface area contributed by atoms with Crippen molar-refractivity contribution in [1.82, 2.24) is 10.2 Å². The molecule has 1 aromatic rings. The van der Waals surface area contributed by atoms with Gasteiger partial charge in [0.2, 0.25) is 11.8 Å². The standard InChI is InChI=1S/C19H24N2O5/c1-13(22)16-6-3-9-21(16)18(24)12-15-5-2-4-14(10-15)11-17(23)20-8-7-19(25)26/h2,4-5,10,16H,3,6-9,11-12H2,1H3,(H,20,23)(H,25,26)/t16-/m1/s1. The molecule has 0 aliphatic carbocycles. The number of rotatable bonds is 8. The first kappa shape index (κ1) is 19.6. The van der Waals surface area contributed by atoms with Crippen molar-refractivity contribution in [3.63, 3.8) is 0 Å². The molecule has 0 aromatic heterocycles. The van der Waals surface area contributed by atoms with Crippen molar-refractivity contribution in [1.29, 1.82) is 0 Å². The molecule has 1 heterocycles. The van der Waals surface area contributed by atoms with Crippen molar-refractivity contribution in [2.75, 3.05) is 13.1 Å². The summed E-state index contributed by atoms with van der Waals surface area (Å²) >= 11 is 0. The Kier molecular flexibility index (Phi) is 6.89. The SMILES string of the molecule is CC(=O)[C@H]1CCCN1C(=O)Cc1cccc(CC(=O)NCCC(=O)O)c1. The number of carbonyl (C=O) groups is 4. The summed E-state index contributed by atoms with van der Waals surface area (Å²) in [6.45, 7) is 2.21. The highest BCUT2D eigenvalue weighted by Crippen LogP contribution is 2.19. The molecule has 1 aromatic carbocycles. The molecule has 2 amide bonds. The van der Waals surface area contributed by atoms with Gasteiger partial charge in [0.25, 0.3) is 0 Å². The van der Waals surface area contributed by atoms with Crippen LogP contribution in [0, 0.1) is 0 Å². The van der Waals surface area contributed by atoms with Gasteiger partial charge in [-0.15, -0.1) is 0 Å². The Morgan fingerprint density at radius 3 is 2.54 bits per heavy atom. The summed E-state index contributed by atoms with van der Waals surface area (Å²) < 4.78 is 0. The van der Waals surface area contributed by atoms with Crippen molar-refractivity contribution in [3.05, 3.63) is 35.4 Å². The van der Waals surface area contributed by atoms with Gasteiger partial charge in [-0.1, -0.05) is 24.3 Å². The lowest BCUT2D eigenvalue weighted by Gasteiger charge is -2.22. The van der Waals surface area contributed by atoms with Crippen LogP contribution in [0.4, 0.5) is 0 Å². The first-order valence-corrected chi connectivity index (χ1v) is 8.73. The molecule has 1 saturated heterocycles. The van der Waals surface area contributed by atoms with Gasteiger partial charge in [0, 0.05) is 13.1 Å². The van der Waals surface area contributed by atoms with Gasteiger partial charge >= 0.3 is 5.97 Å². The van der Waals surface area contributed by atoms with Crippen molar-refractivity contribution < 1.29 is 24.3 Å². The lowest BCUT2D eigenvalue weighted by atomic mass is 10.0. The second kappa shape index (κ2) is 9.12. The van der Waals surface area contributed by atoms with E-state index in [0.717, 1.165) is 24.0 Å². The predicted molar refractivity (Wildman–Crippen MR) is 94.5 cm³/mol. The van der Waals surface area contributed by atoms with E-state index in [-0.39, 0.29) is 49.4 Å². The van der Waals surface area contributed by atoms with Crippen LogP contribution in [0.5, 0.6) is 0 Å². The average molecular weight is 360 g/mol. The van der Waals surface area contributed by atoms with Crippen molar-refractivity contribution in [2.24, 2.45) is 0 Å². The van der Waals surface area contributed by atoms with Gasteiger partial charge in [-0.3, -0.25) is 19.2 Å². The number of nitrogens with one attached hydrogen (secondary N) is 1. The van der Waals surface area contributed by atoms with E-state index in [9.17, 15) is 19.2 Å². The van der Waals surface area contributed by atoms with E-state index >= 15 is 0 Å². The predicted octanol–water partition coefficient (Wildman–Crippen LogP) is 0.943. The normalized spacial score (nSPS) is 16.3. The highest BCUT2D eigenvalue weighted by molar-refractivity contribution is 5.89. The van der Waals surface area contributed by atoms with Crippen molar-refractivity contribution >= 4 is 23.6 Å². The number of aliphatic carboxylic acids is 1. The number of amides is 2. The molecule has 7 nitrogen and oxygen atoms in total. The smallest absolute Gasteiger partial charge is 0.305 e. The lowest BCUT2D eigenvalue weighted by molar-refractivity contribution is -0.137. The number of carbonyl (C=O) groups excluding carboxylic acids is 3. The number of carboxylic acid groups (broad SMARTS) is 1. The number of nitrogens with zero attached hydrogens (tertiary/aromatic N) is 1. The van der Waals surface area contributed by atoms with Gasteiger partial charge in [-0.25, -0.2) is 0 Å². The van der Waals surface area contributed by atoms with Crippen LogP contribution in [0.2, 0.25) is 0 Å². The van der Waals surface area contributed by atoms with E-state index in [4.69, 9.17) is 5.11 Å². The van der Waals surface area contributed by atoms with E-state index in [1.807, 2.05) is 6.07 Å². The fourth-order valence-corrected chi connectivity index (χ4v) is 3.17. The molecule has 7 heteroatoms. The highest BCUT2D eigenvalue weighted by atomic mass is 16.4. The zero-order valence-electron chi connectivity index (χ0n) is 14.9. The molecule has 0 saturated carbocycles. The van der Waals surface area contributed by atoms with Gasteiger partial charge in [-0.2, -0.15) is 0 Å². The summed E-state index contributed by atoms with van der Waals surface area (Å²) in [5.41, 5.74) is 1.55. The summed E-state index contributed by atoms with van der Waals surface area (Å²) in [6.07, 6.45) is 1.76. The maximum atomic E-state index is 12.5. The largest absolute Gasteiger partial charge is 0.481 e. The molecule has 2 N–H and O–H groups in total. The van der Waals surface area contributed by atoms with E-state index in [2.05, 4.69) is 5.32 Å². The topological polar surface area (TPSA) is 104 Å². The van der Waals surface area contributed by atoms with Crippen LogP contribution in [0.1, 0.15) is 37.3 Å². The summed E-state index contributed by atoms with van der Waals surface area (Å²) in [7, 11) is 0. The highest BCUT2D eigenvalue weighted by Gasteiger charge is 2.31. The molecule has 140 valence electrons. The number of likely N-dealkylation sites (tertiary alicyclic amines) is 1. The molecule has 1 aliphatic rings. The molecule has 0 unspecified atom stereocenters. The number of carboxylic acids is 1. The van der Waals surface area contributed by atoms with Crippen molar-refractivity contribution in [2.45, 2.75) is 45.1 Å². The zero-order valence-corrected chi connectivity index (χ0v) is 14.9.